The van der Waals surface area contributed by atoms with Crippen LogP contribution in [0.3, 0.4) is 0 Å². The van der Waals surface area contributed by atoms with E-state index in [-0.39, 0.29) is 0 Å². The number of hydrogen-bond acceptors (Lipinski definition) is 6. The van der Waals surface area contributed by atoms with Crippen LogP contribution in [0.4, 0.5) is 10.8 Å². The van der Waals surface area contributed by atoms with Crippen molar-refractivity contribution >= 4 is 38.1 Å². The van der Waals surface area contributed by atoms with Gasteiger partial charge in [0.25, 0.3) is 0 Å². The van der Waals surface area contributed by atoms with Gasteiger partial charge in [-0.3, -0.25) is 4.98 Å². The van der Waals surface area contributed by atoms with Gasteiger partial charge in [-0.15, -0.1) is 10.2 Å². The molecular weight excluding hydrogens is 424 g/mol. The number of nitrogens with zero attached hydrogens (tertiary/aromatic N) is 3. The predicted molar refractivity (Wildman–Crippen MR) is 113 cm³/mol. The summed E-state index contributed by atoms with van der Waals surface area (Å²) in [7, 11) is 1.65. The van der Waals surface area contributed by atoms with Gasteiger partial charge in [-0.05, 0) is 36.4 Å². The lowest BCUT2D eigenvalue weighted by molar-refractivity contribution is 0.416. The van der Waals surface area contributed by atoms with Crippen LogP contribution >= 0.6 is 27.3 Å². The summed E-state index contributed by atoms with van der Waals surface area (Å²) in [6.45, 7) is 0. The van der Waals surface area contributed by atoms with E-state index in [4.69, 9.17) is 4.74 Å². The molecule has 0 aliphatic heterocycles. The average Bonchev–Trinajstić information content (AvgIpc) is 3.17. The highest BCUT2D eigenvalue weighted by atomic mass is 79.9. The second-order valence-electron chi connectivity index (χ2n) is 5.65. The number of methoxy groups -OCH3 is 1. The van der Waals surface area contributed by atoms with Crippen molar-refractivity contribution in [3.8, 4) is 27.6 Å². The molecule has 0 unspecified atom stereocenters. The summed E-state index contributed by atoms with van der Waals surface area (Å²) < 4.78 is 6.52. The molecule has 0 radical (unpaired) electrons. The van der Waals surface area contributed by atoms with Gasteiger partial charge in [-0.2, -0.15) is 0 Å². The second-order valence-corrected chi connectivity index (χ2v) is 7.54. The molecule has 0 saturated heterocycles. The van der Waals surface area contributed by atoms with Gasteiger partial charge < -0.3 is 10.1 Å². The van der Waals surface area contributed by atoms with E-state index in [9.17, 15) is 0 Å². The minimum atomic E-state index is 0.724. The summed E-state index contributed by atoms with van der Waals surface area (Å²) in [5, 5.41) is 13.5. The van der Waals surface area contributed by atoms with Gasteiger partial charge in [0, 0.05) is 21.9 Å². The van der Waals surface area contributed by atoms with Crippen LogP contribution in [0.2, 0.25) is 0 Å². The van der Waals surface area contributed by atoms with Crippen molar-refractivity contribution in [1.82, 2.24) is 15.2 Å². The summed E-state index contributed by atoms with van der Waals surface area (Å²) in [5.41, 5.74) is 3.60. The smallest absolute Gasteiger partial charge is 0.210 e. The predicted octanol–water partition coefficient (Wildman–Crippen LogP) is 5.78. The molecule has 0 saturated carbocycles. The lowest BCUT2D eigenvalue weighted by Crippen LogP contribution is -1.94. The quantitative estimate of drug-likeness (QED) is 0.427. The van der Waals surface area contributed by atoms with Crippen LogP contribution in [0, 0.1) is 0 Å². The lowest BCUT2D eigenvalue weighted by atomic mass is 10.0. The Balaban J connectivity index is 1.79. The van der Waals surface area contributed by atoms with Crippen molar-refractivity contribution in [2.75, 3.05) is 12.4 Å². The molecule has 0 fully saturated rings. The Morgan fingerprint density at radius 1 is 1.00 bits per heavy atom. The summed E-state index contributed by atoms with van der Waals surface area (Å²) in [6, 6.07) is 19.6. The van der Waals surface area contributed by atoms with Gasteiger partial charge >= 0.3 is 0 Å². The van der Waals surface area contributed by atoms with Crippen LogP contribution in [0.1, 0.15) is 0 Å². The fourth-order valence-electron chi connectivity index (χ4n) is 2.71. The first-order valence-electron chi connectivity index (χ1n) is 8.19. The number of benzene rings is 2. The van der Waals surface area contributed by atoms with Crippen molar-refractivity contribution < 1.29 is 4.74 Å². The molecule has 1 N–H and O–H groups in total. The van der Waals surface area contributed by atoms with Crippen LogP contribution in [0.25, 0.3) is 21.8 Å². The molecule has 2 aromatic carbocycles. The highest BCUT2D eigenvalue weighted by Gasteiger charge is 2.19. The highest BCUT2D eigenvalue weighted by Crippen LogP contribution is 2.42. The summed E-state index contributed by atoms with van der Waals surface area (Å²) in [6.07, 6.45) is 1.77. The fourth-order valence-corrected chi connectivity index (χ4v) is 3.94. The molecule has 0 aliphatic rings. The first-order chi connectivity index (χ1) is 13.2. The Labute approximate surface area is 169 Å². The van der Waals surface area contributed by atoms with Crippen LogP contribution < -0.4 is 10.1 Å². The minimum Gasteiger partial charge on any atom is -0.496 e. The largest absolute Gasteiger partial charge is 0.496 e. The Bertz CT molecular complexity index is 1050. The number of aromatic nitrogens is 3. The van der Waals surface area contributed by atoms with E-state index in [1.807, 2.05) is 60.7 Å². The monoisotopic (exact) mass is 438 g/mol. The Kier molecular flexibility index (Phi) is 5.13. The number of ether oxygens (including phenoxy) is 1. The van der Waals surface area contributed by atoms with E-state index in [1.165, 1.54) is 11.3 Å². The molecule has 0 atom stereocenters. The van der Waals surface area contributed by atoms with Crippen molar-refractivity contribution in [1.29, 1.82) is 0 Å². The van der Waals surface area contributed by atoms with E-state index < -0.39 is 0 Å². The van der Waals surface area contributed by atoms with E-state index in [1.54, 1.807) is 13.3 Å². The molecule has 134 valence electrons. The van der Waals surface area contributed by atoms with Crippen LogP contribution in [-0.4, -0.2) is 22.3 Å². The Morgan fingerprint density at radius 3 is 2.56 bits per heavy atom. The fraction of sp³-hybridized carbons (Fsp3) is 0.0500. The third kappa shape index (κ3) is 3.84. The molecule has 2 heterocycles. The zero-order valence-corrected chi connectivity index (χ0v) is 16.8. The standard InChI is InChI=1S/C20H15BrN4OS/c1-26-17-12-13(21)11-15(18(17)16-9-5-6-10-22-16)19-24-25-20(27-19)23-14-7-3-2-4-8-14/h2-12H,1H3,(H,23,25). The number of halogens is 1. The van der Waals surface area contributed by atoms with E-state index in [2.05, 4.69) is 36.4 Å². The normalized spacial score (nSPS) is 10.6. The molecule has 7 heteroatoms. The summed E-state index contributed by atoms with van der Waals surface area (Å²) >= 11 is 5.04. The van der Waals surface area contributed by atoms with Gasteiger partial charge in [0.05, 0.1) is 18.4 Å². The number of hydrogen-bond donors (Lipinski definition) is 1. The molecule has 4 aromatic rings. The minimum absolute atomic E-state index is 0.724. The first kappa shape index (κ1) is 17.6. The van der Waals surface area contributed by atoms with E-state index in [0.29, 0.717) is 0 Å². The first-order valence-corrected chi connectivity index (χ1v) is 9.80. The maximum atomic E-state index is 5.62. The van der Waals surface area contributed by atoms with Gasteiger partial charge in [0.15, 0.2) is 0 Å². The zero-order chi connectivity index (χ0) is 18.6. The summed E-state index contributed by atoms with van der Waals surface area (Å²) in [5.74, 6) is 0.728. The molecule has 0 bridgehead atoms. The zero-order valence-electron chi connectivity index (χ0n) is 14.4. The molecule has 5 nitrogen and oxygen atoms in total. The van der Waals surface area contributed by atoms with E-state index >= 15 is 0 Å². The third-order valence-corrected chi connectivity index (χ3v) is 5.22. The maximum Gasteiger partial charge on any atom is 0.210 e. The second kappa shape index (κ2) is 7.85. The molecule has 0 aliphatic carbocycles. The number of para-hydroxylation sites is 1. The van der Waals surface area contributed by atoms with Gasteiger partial charge in [0.2, 0.25) is 5.13 Å². The van der Waals surface area contributed by atoms with Gasteiger partial charge in [0.1, 0.15) is 10.8 Å². The highest BCUT2D eigenvalue weighted by molar-refractivity contribution is 9.10. The summed E-state index contributed by atoms with van der Waals surface area (Å²) in [4.78, 5) is 4.49. The van der Waals surface area contributed by atoms with Crippen LogP contribution in [0.5, 0.6) is 5.75 Å². The molecular formula is C20H15BrN4OS. The van der Waals surface area contributed by atoms with Crippen molar-refractivity contribution in [3.05, 3.63) is 71.3 Å². The number of anilines is 2. The molecule has 27 heavy (non-hydrogen) atoms. The number of rotatable bonds is 5. The number of pyridine rings is 1. The SMILES string of the molecule is COc1cc(Br)cc(-c2nnc(Nc3ccccc3)s2)c1-c1ccccn1. The van der Waals surface area contributed by atoms with Crippen LogP contribution in [0.15, 0.2) is 71.3 Å². The number of nitrogens with one attached hydrogen (secondary N) is 1. The Morgan fingerprint density at radius 2 is 1.81 bits per heavy atom. The van der Waals surface area contributed by atoms with Gasteiger partial charge in [-0.25, -0.2) is 0 Å². The lowest BCUT2D eigenvalue weighted by Gasteiger charge is -2.12. The van der Waals surface area contributed by atoms with Gasteiger partial charge in [-0.1, -0.05) is 51.5 Å². The topological polar surface area (TPSA) is 59.9 Å². The van der Waals surface area contributed by atoms with Crippen molar-refractivity contribution in [3.63, 3.8) is 0 Å². The third-order valence-electron chi connectivity index (χ3n) is 3.89. The molecule has 0 amide bonds. The Hall–Kier alpha value is -2.77. The van der Waals surface area contributed by atoms with Crippen molar-refractivity contribution in [2.24, 2.45) is 0 Å². The van der Waals surface area contributed by atoms with Crippen molar-refractivity contribution in [2.45, 2.75) is 0 Å². The van der Waals surface area contributed by atoms with E-state index in [0.717, 1.165) is 42.9 Å². The average molecular weight is 439 g/mol. The van der Waals surface area contributed by atoms with Crippen LogP contribution in [-0.2, 0) is 0 Å². The maximum absolute atomic E-state index is 5.62. The molecule has 2 aromatic heterocycles. The molecule has 0 spiro atoms. The molecule has 4 rings (SSSR count).